The lowest BCUT2D eigenvalue weighted by Crippen LogP contribution is -2.19. The van der Waals surface area contributed by atoms with Crippen LogP contribution in [0.1, 0.15) is 85.5 Å². The van der Waals surface area contributed by atoms with Crippen molar-refractivity contribution < 1.29 is 24.5 Å². The van der Waals surface area contributed by atoms with Crippen LogP contribution in [-0.4, -0.2) is 35.4 Å². The molecule has 31 heavy (non-hydrogen) atoms. The number of allylic oxidation sites excluding steroid dienone is 4. The van der Waals surface area contributed by atoms with Crippen LogP contribution in [0.15, 0.2) is 46.6 Å². The first-order valence-electron chi connectivity index (χ1n) is 11.6. The van der Waals surface area contributed by atoms with Gasteiger partial charge in [0.25, 0.3) is 0 Å². The van der Waals surface area contributed by atoms with Crippen molar-refractivity contribution in [3.05, 3.63) is 46.6 Å². The van der Waals surface area contributed by atoms with Crippen molar-refractivity contribution in [1.82, 2.24) is 0 Å². The van der Waals surface area contributed by atoms with Gasteiger partial charge < -0.3 is 19.7 Å². The first-order valence-corrected chi connectivity index (χ1v) is 11.6. The van der Waals surface area contributed by atoms with Gasteiger partial charge in [0, 0.05) is 6.08 Å². The van der Waals surface area contributed by atoms with Crippen molar-refractivity contribution in [3.63, 3.8) is 0 Å². The average Bonchev–Trinajstić information content (AvgIpc) is 3.03. The smallest absolute Gasteiger partial charge is 0.333 e. The lowest BCUT2D eigenvalue weighted by Gasteiger charge is -2.29. The quantitative estimate of drug-likeness (QED) is 0.429. The van der Waals surface area contributed by atoms with Gasteiger partial charge in [-0.3, -0.25) is 0 Å². The van der Waals surface area contributed by atoms with E-state index in [2.05, 4.69) is 44.6 Å². The predicted molar refractivity (Wildman–Crippen MR) is 123 cm³/mol. The summed E-state index contributed by atoms with van der Waals surface area (Å²) in [5.41, 5.74) is 6.23. The van der Waals surface area contributed by atoms with Crippen LogP contribution in [0.3, 0.4) is 0 Å². The fraction of sp³-hybridized carbons (Fsp3) is 0.654. The fourth-order valence-corrected chi connectivity index (χ4v) is 4.51. The van der Waals surface area contributed by atoms with E-state index in [9.17, 15) is 9.90 Å². The summed E-state index contributed by atoms with van der Waals surface area (Å²) < 4.78 is 9.45. The zero-order valence-corrected chi connectivity index (χ0v) is 19.7. The van der Waals surface area contributed by atoms with Gasteiger partial charge in [-0.25, -0.2) is 4.79 Å². The third kappa shape index (κ3) is 8.76. The molecule has 0 aromatic carbocycles. The Morgan fingerprint density at radius 2 is 2.03 bits per heavy atom. The van der Waals surface area contributed by atoms with Crippen molar-refractivity contribution >= 4 is 5.97 Å². The molecule has 2 unspecified atom stereocenters. The number of carbonyl (C=O) groups is 1. The van der Waals surface area contributed by atoms with Gasteiger partial charge >= 0.3 is 5.97 Å². The van der Waals surface area contributed by atoms with Gasteiger partial charge in [0.1, 0.15) is 0 Å². The van der Waals surface area contributed by atoms with Crippen LogP contribution in [0.4, 0.5) is 0 Å². The molecule has 3 aliphatic rings. The SMILES string of the molecule is CC1=C(CC/C(C)=C/CCC2=CCCOC2O)C(C)(C)CCCC1.O=C1C=CC(O)O1. The molecule has 2 heterocycles. The largest absolute Gasteiger partial charge is 0.429 e. The molecule has 1 aliphatic carbocycles. The van der Waals surface area contributed by atoms with E-state index in [0.29, 0.717) is 12.0 Å². The van der Waals surface area contributed by atoms with Crippen LogP contribution in [0.5, 0.6) is 0 Å². The number of carbonyl (C=O) groups excluding carboxylic acids is 1. The summed E-state index contributed by atoms with van der Waals surface area (Å²) in [6.07, 6.45) is 15.8. The van der Waals surface area contributed by atoms with Crippen molar-refractivity contribution in [1.29, 1.82) is 0 Å². The van der Waals surface area contributed by atoms with E-state index in [1.165, 1.54) is 49.8 Å². The first-order chi connectivity index (χ1) is 14.7. The number of hydrogen-bond donors (Lipinski definition) is 2. The van der Waals surface area contributed by atoms with Crippen molar-refractivity contribution in [3.8, 4) is 0 Å². The van der Waals surface area contributed by atoms with Crippen LogP contribution in [0.25, 0.3) is 0 Å². The molecule has 2 aliphatic heterocycles. The third-order valence-corrected chi connectivity index (χ3v) is 6.38. The van der Waals surface area contributed by atoms with Crippen LogP contribution >= 0.6 is 0 Å². The molecule has 2 N–H and O–H groups in total. The highest BCUT2D eigenvalue weighted by molar-refractivity contribution is 5.84. The average molecular weight is 433 g/mol. The number of esters is 1. The molecule has 0 saturated carbocycles. The maximum absolute atomic E-state index is 9.98. The number of hydrogen-bond acceptors (Lipinski definition) is 5. The number of ether oxygens (including phenoxy) is 2. The Labute approximate surface area is 187 Å². The molecule has 0 aromatic rings. The van der Waals surface area contributed by atoms with Gasteiger partial charge in [-0.15, -0.1) is 0 Å². The minimum atomic E-state index is -1.01. The summed E-state index contributed by atoms with van der Waals surface area (Å²) in [5, 5.41) is 18.2. The Morgan fingerprint density at radius 1 is 1.26 bits per heavy atom. The van der Waals surface area contributed by atoms with E-state index < -0.39 is 18.5 Å². The number of aliphatic hydroxyl groups excluding tert-OH is 2. The second-order valence-electron chi connectivity index (χ2n) is 9.42. The molecule has 2 atom stereocenters. The van der Waals surface area contributed by atoms with E-state index in [0.717, 1.165) is 31.3 Å². The lowest BCUT2D eigenvalue weighted by molar-refractivity contribution is -0.150. The highest BCUT2D eigenvalue weighted by Crippen LogP contribution is 2.41. The number of rotatable bonds is 6. The summed E-state index contributed by atoms with van der Waals surface area (Å²) in [4.78, 5) is 9.98. The Kier molecular flexibility index (Phi) is 10.2. The molecular weight excluding hydrogens is 392 g/mol. The van der Waals surface area contributed by atoms with Crippen molar-refractivity contribution in [2.75, 3.05) is 6.61 Å². The minimum absolute atomic E-state index is 0.370. The molecule has 0 saturated heterocycles. The van der Waals surface area contributed by atoms with E-state index in [1.807, 2.05) is 0 Å². The Bertz CT molecular complexity index is 726. The summed E-state index contributed by atoms with van der Waals surface area (Å²) >= 11 is 0. The third-order valence-electron chi connectivity index (χ3n) is 6.38. The van der Waals surface area contributed by atoms with Gasteiger partial charge in [0.05, 0.1) is 6.61 Å². The minimum Gasteiger partial charge on any atom is -0.429 e. The summed E-state index contributed by atoms with van der Waals surface area (Å²) in [6.45, 7) is 10.1. The lowest BCUT2D eigenvalue weighted by atomic mass is 9.77. The topological polar surface area (TPSA) is 76.0 Å². The molecule has 0 bridgehead atoms. The van der Waals surface area contributed by atoms with Crippen LogP contribution in [-0.2, 0) is 14.3 Å². The van der Waals surface area contributed by atoms with Crippen molar-refractivity contribution in [2.45, 2.75) is 98.1 Å². The summed E-state index contributed by atoms with van der Waals surface area (Å²) in [7, 11) is 0. The van der Waals surface area contributed by atoms with Gasteiger partial charge in [-0.05, 0) is 82.3 Å². The van der Waals surface area contributed by atoms with E-state index in [-0.39, 0.29) is 0 Å². The van der Waals surface area contributed by atoms with Gasteiger partial charge in [0.15, 0.2) is 6.29 Å². The van der Waals surface area contributed by atoms with Crippen LogP contribution in [0.2, 0.25) is 0 Å². The molecule has 3 rings (SSSR count). The summed E-state index contributed by atoms with van der Waals surface area (Å²) in [5.74, 6) is -0.479. The maximum atomic E-state index is 9.98. The van der Waals surface area contributed by atoms with E-state index >= 15 is 0 Å². The standard InChI is InChI=1S/C22H36O2.C4H4O3/c1-17(9-7-11-19-12-8-16-24-21(19)23)13-14-20-18(2)10-5-6-15-22(20,3)4;5-3-1-2-4(6)7-3/h9,12,21,23H,5-8,10-11,13-16H2,1-4H3;1-3,5H/b17-9+;. The molecule has 0 spiro atoms. The zero-order chi connectivity index (χ0) is 22.9. The Hall–Kier alpha value is -1.69. The van der Waals surface area contributed by atoms with Crippen LogP contribution in [0, 0.1) is 5.41 Å². The Balaban J connectivity index is 0.000000412. The highest BCUT2D eigenvalue weighted by Gasteiger charge is 2.26. The molecule has 5 nitrogen and oxygen atoms in total. The molecule has 5 heteroatoms. The second-order valence-corrected chi connectivity index (χ2v) is 9.42. The van der Waals surface area contributed by atoms with Gasteiger partial charge in [0.2, 0.25) is 6.29 Å². The summed E-state index contributed by atoms with van der Waals surface area (Å²) in [6, 6.07) is 0. The fourth-order valence-electron chi connectivity index (χ4n) is 4.51. The molecule has 0 radical (unpaired) electrons. The number of cyclic esters (lactones) is 1. The zero-order valence-electron chi connectivity index (χ0n) is 19.7. The molecule has 174 valence electrons. The van der Waals surface area contributed by atoms with Crippen molar-refractivity contribution in [2.24, 2.45) is 5.41 Å². The maximum Gasteiger partial charge on any atom is 0.333 e. The Morgan fingerprint density at radius 3 is 2.65 bits per heavy atom. The second kappa shape index (κ2) is 12.4. The normalized spacial score (nSPS) is 26.1. The molecule has 0 amide bonds. The predicted octanol–water partition coefficient (Wildman–Crippen LogP) is 5.49. The monoisotopic (exact) mass is 432 g/mol. The molecule has 0 fully saturated rings. The van der Waals surface area contributed by atoms with Gasteiger partial charge in [-0.1, -0.05) is 49.1 Å². The van der Waals surface area contributed by atoms with E-state index in [4.69, 9.17) is 9.84 Å². The molecule has 0 aromatic heterocycles. The highest BCUT2D eigenvalue weighted by atomic mass is 16.6. The molecular formula is C26H40O5. The van der Waals surface area contributed by atoms with Gasteiger partial charge in [-0.2, -0.15) is 0 Å². The van der Waals surface area contributed by atoms with E-state index in [1.54, 1.807) is 11.1 Å². The first kappa shape index (κ1) is 25.6. The number of aliphatic hydroxyl groups is 2. The van der Waals surface area contributed by atoms with Crippen LogP contribution < -0.4 is 0 Å².